The molecule has 0 heterocycles. The molecule has 0 spiro atoms. The molecule has 1 aliphatic carbocycles. The fraction of sp³-hybridized carbons (Fsp3) is 0.276. The average molecular weight is 538 g/mol. The molecule has 3 aromatic carbocycles. The normalized spacial score (nSPS) is 13.3. The number of alkyl carbamates (subject to hydrolysis) is 1. The minimum Gasteiger partial charge on any atom is -0.477 e. The summed E-state index contributed by atoms with van der Waals surface area (Å²) in [4.78, 5) is 38.1. The number of fused-ring (bicyclic) bond motifs is 3. The topological polar surface area (TPSA) is 108 Å². The van der Waals surface area contributed by atoms with Gasteiger partial charge < -0.3 is 20.5 Å². The van der Waals surface area contributed by atoms with Crippen LogP contribution in [0.5, 0.6) is 0 Å². The fourth-order valence-electron chi connectivity index (χ4n) is 4.64. The van der Waals surface area contributed by atoms with Gasteiger partial charge in [-0.15, -0.1) is 0 Å². The molecular formula is C29H29F2N3O5. The molecule has 3 N–H and O–H groups in total. The van der Waals surface area contributed by atoms with E-state index in [4.69, 9.17) is 9.84 Å². The van der Waals surface area contributed by atoms with Crippen LogP contribution in [0, 0.1) is 0 Å². The summed E-state index contributed by atoms with van der Waals surface area (Å²) in [6, 6.07) is 23.7. The van der Waals surface area contributed by atoms with Crippen molar-refractivity contribution >= 4 is 18.0 Å². The van der Waals surface area contributed by atoms with Gasteiger partial charge in [0.05, 0.1) is 6.54 Å². The maximum absolute atomic E-state index is 13.6. The first-order chi connectivity index (χ1) is 18.7. The van der Waals surface area contributed by atoms with Gasteiger partial charge in [-0.1, -0.05) is 78.9 Å². The van der Waals surface area contributed by atoms with Gasteiger partial charge in [-0.3, -0.25) is 9.69 Å². The summed E-state index contributed by atoms with van der Waals surface area (Å²) in [5.74, 6) is -7.67. The number of hydrogen-bond acceptors (Lipinski definition) is 5. The van der Waals surface area contributed by atoms with E-state index in [9.17, 15) is 23.2 Å². The summed E-state index contributed by atoms with van der Waals surface area (Å²) < 4.78 is 32.7. The van der Waals surface area contributed by atoms with Crippen LogP contribution in [0.3, 0.4) is 0 Å². The van der Waals surface area contributed by atoms with Gasteiger partial charge in [-0.2, -0.15) is 8.78 Å². The van der Waals surface area contributed by atoms with E-state index in [-0.39, 0.29) is 19.1 Å². The Labute approximate surface area is 224 Å². The van der Waals surface area contributed by atoms with E-state index in [2.05, 4.69) is 5.32 Å². The van der Waals surface area contributed by atoms with Crippen molar-refractivity contribution in [3.63, 3.8) is 0 Å². The van der Waals surface area contributed by atoms with Crippen molar-refractivity contribution in [3.05, 3.63) is 95.6 Å². The van der Waals surface area contributed by atoms with Gasteiger partial charge in [-0.25, -0.2) is 9.59 Å². The number of alkyl halides is 2. The summed E-state index contributed by atoms with van der Waals surface area (Å²) in [6.45, 7) is -1.02. The van der Waals surface area contributed by atoms with Crippen LogP contribution in [0.4, 0.5) is 13.6 Å². The minimum atomic E-state index is -4.15. The quantitative estimate of drug-likeness (QED) is 0.343. The molecule has 204 valence electrons. The minimum absolute atomic E-state index is 0.00510. The Morgan fingerprint density at radius 3 is 2.10 bits per heavy atom. The number of amides is 2. The molecule has 1 aliphatic rings. The smallest absolute Gasteiger partial charge is 0.407 e. The first-order valence-corrected chi connectivity index (χ1v) is 12.4. The van der Waals surface area contributed by atoms with E-state index in [0.717, 1.165) is 27.8 Å². The van der Waals surface area contributed by atoms with E-state index >= 15 is 0 Å². The van der Waals surface area contributed by atoms with Crippen LogP contribution in [0.1, 0.15) is 22.6 Å². The molecule has 0 aliphatic heterocycles. The number of likely N-dealkylation sites (N-methyl/N-ethyl adjacent to an activating group) is 1. The summed E-state index contributed by atoms with van der Waals surface area (Å²) in [6.07, 6.45) is -0.893. The predicted molar refractivity (Wildman–Crippen MR) is 140 cm³/mol. The first kappa shape index (κ1) is 27.7. The van der Waals surface area contributed by atoms with Crippen molar-refractivity contribution in [1.82, 2.24) is 15.5 Å². The van der Waals surface area contributed by atoms with Crippen LogP contribution in [-0.2, 0) is 20.9 Å². The zero-order chi connectivity index (χ0) is 28.0. The van der Waals surface area contributed by atoms with Crippen molar-refractivity contribution in [3.8, 4) is 11.1 Å². The Bertz CT molecular complexity index is 1290. The lowest BCUT2D eigenvalue weighted by atomic mass is 9.98. The number of halogens is 2. The zero-order valence-corrected chi connectivity index (χ0v) is 21.3. The molecule has 0 radical (unpaired) electrons. The number of carboxylic acid groups (broad SMARTS) is 1. The van der Waals surface area contributed by atoms with Gasteiger partial charge in [-0.05, 0) is 34.9 Å². The second-order valence-corrected chi connectivity index (χ2v) is 9.43. The number of hydrogen-bond donors (Lipinski definition) is 3. The van der Waals surface area contributed by atoms with Crippen molar-refractivity contribution < 1.29 is 33.0 Å². The molecule has 4 rings (SSSR count). The van der Waals surface area contributed by atoms with E-state index in [0.29, 0.717) is 6.54 Å². The third kappa shape index (κ3) is 6.77. The summed E-state index contributed by atoms with van der Waals surface area (Å²) in [7, 11) is 1.71. The van der Waals surface area contributed by atoms with E-state index in [1.807, 2.05) is 84.2 Å². The summed E-state index contributed by atoms with van der Waals surface area (Å²) in [5.41, 5.74) is 5.08. The van der Waals surface area contributed by atoms with E-state index in [1.165, 1.54) is 0 Å². The third-order valence-corrected chi connectivity index (χ3v) is 6.54. The van der Waals surface area contributed by atoms with Crippen molar-refractivity contribution in [2.75, 3.05) is 26.7 Å². The number of aliphatic carboxylic acids is 1. The summed E-state index contributed by atoms with van der Waals surface area (Å²) in [5, 5.41) is 13.1. The molecular weight excluding hydrogens is 508 g/mol. The number of ether oxygens (including phenoxy) is 1. The number of carboxylic acids is 1. The molecule has 3 aromatic rings. The number of carbonyl (C=O) groups excluding carboxylic acids is 2. The number of nitrogens with one attached hydrogen (secondary N) is 2. The molecule has 0 saturated heterocycles. The van der Waals surface area contributed by atoms with Gasteiger partial charge in [0.2, 0.25) is 5.91 Å². The SMILES string of the molecule is CN(Cc1ccccc1)CC(NC(=O)OCC1c2ccccc2-c2ccccc21)C(=O)NCC(F)(F)C(=O)O. The Kier molecular flexibility index (Phi) is 8.55. The van der Waals surface area contributed by atoms with Crippen LogP contribution in [0.25, 0.3) is 11.1 Å². The fourth-order valence-corrected chi connectivity index (χ4v) is 4.64. The molecule has 1 unspecified atom stereocenters. The maximum atomic E-state index is 13.6. The highest BCUT2D eigenvalue weighted by atomic mass is 19.3. The number of nitrogens with zero attached hydrogens (tertiary/aromatic N) is 1. The lowest BCUT2D eigenvalue weighted by molar-refractivity contribution is -0.164. The highest BCUT2D eigenvalue weighted by Crippen LogP contribution is 2.44. The van der Waals surface area contributed by atoms with Crippen molar-refractivity contribution in [2.45, 2.75) is 24.4 Å². The van der Waals surface area contributed by atoms with Gasteiger partial charge in [0.25, 0.3) is 0 Å². The predicted octanol–water partition coefficient (Wildman–Crippen LogP) is 3.86. The number of rotatable bonds is 11. The molecule has 10 heteroatoms. The van der Waals surface area contributed by atoms with Crippen LogP contribution < -0.4 is 10.6 Å². The maximum Gasteiger partial charge on any atom is 0.407 e. The van der Waals surface area contributed by atoms with Crippen molar-refractivity contribution in [2.24, 2.45) is 0 Å². The molecule has 0 aromatic heterocycles. The standard InChI is InChI=1S/C29H29F2N3O5/c1-34(15-19-9-3-2-4-10-19)16-25(26(35)32-18-29(30,31)27(36)37)33-28(38)39-17-24-22-13-7-5-11-20(22)21-12-6-8-14-23(21)24/h2-14,24-25H,15-18H2,1H3,(H,32,35)(H,33,38)(H,36,37). The van der Waals surface area contributed by atoms with Crippen LogP contribution in [-0.4, -0.2) is 66.7 Å². The molecule has 1 atom stereocenters. The Hall–Kier alpha value is -4.31. The lowest BCUT2D eigenvalue weighted by Crippen LogP contribution is -2.54. The molecule has 0 saturated carbocycles. The second kappa shape index (κ2) is 12.0. The van der Waals surface area contributed by atoms with Crippen LogP contribution >= 0.6 is 0 Å². The zero-order valence-electron chi connectivity index (χ0n) is 21.3. The lowest BCUT2D eigenvalue weighted by Gasteiger charge is -2.25. The molecule has 39 heavy (non-hydrogen) atoms. The largest absolute Gasteiger partial charge is 0.477 e. The third-order valence-electron chi connectivity index (χ3n) is 6.54. The number of benzene rings is 3. The van der Waals surface area contributed by atoms with Gasteiger partial charge in [0, 0.05) is 19.0 Å². The molecule has 0 fully saturated rings. The molecule has 0 bridgehead atoms. The van der Waals surface area contributed by atoms with Crippen LogP contribution in [0.15, 0.2) is 78.9 Å². The Morgan fingerprint density at radius 2 is 1.51 bits per heavy atom. The van der Waals surface area contributed by atoms with E-state index in [1.54, 1.807) is 11.9 Å². The Balaban J connectivity index is 1.43. The molecule has 8 nitrogen and oxygen atoms in total. The monoisotopic (exact) mass is 537 g/mol. The first-order valence-electron chi connectivity index (χ1n) is 12.4. The van der Waals surface area contributed by atoms with Crippen molar-refractivity contribution in [1.29, 1.82) is 0 Å². The molecule has 2 amide bonds. The van der Waals surface area contributed by atoms with Gasteiger partial charge >= 0.3 is 18.0 Å². The van der Waals surface area contributed by atoms with Gasteiger partial charge in [0.1, 0.15) is 12.6 Å². The Morgan fingerprint density at radius 1 is 0.949 bits per heavy atom. The highest BCUT2D eigenvalue weighted by Gasteiger charge is 2.40. The van der Waals surface area contributed by atoms with Crippen LogP contribution in [0.2, 0.25) is 0 Å². The van der Waals surface area contributed by atoms with E-state index < -0.39 is 36.5 Å². The average Bonchev–Trinajstić information content (AvgIpc) is 3.24. The van der Waals surface area contributed by atoms with Gasteiger partial charge in [0.15, 0.2) is 0 Å². The summed E-state index contributed by atoms with van der Waals surface area (Å²) >= 11 is 0. The second-order valence-electron chi connectivity index (χ2n) is 9.43. The highest BCUT2D eigenvalue weighted by molar-refractivity contribution is 5.87. The number of carbonyl (C=O) groups is 3.